The van der Waals surface area contributed by atoms with E-state index in [0.29, 0.717) is 11.3 Å². The number of carbonyl (C=O) groups is 1. The first-order chi connectivity index (χ1) is 10.7. The summed E-state index contributed by atoms with van der Waals surface area (Å²) in [6.45, 7) is 2.02. The zero-order chi connectivity index (χ0) is 15.5. The van der Waals surface area contributed by atoms with Crippen molar-refractivity contribution in [1.29, 1.82) is 0 Å². The zero-order valence-electron chi connectivity index (χ0n) is 12.5. The lowest BCUT2D eigenvalue weighted by Gasteiger charge is -2.01. The molecule has 4 heteroatoms. The van der Waals surface area contributed by atoms with E-state index in [1.807, 2.05) is 61.5 Å². The number of nitrogens with zero attached hydrogens (tertiary/aromatic N) is 2. The van der Waals surface area contributed by atoms with Crippen molar-refractivity contribution in [3.8, 4) is 16.9 Å². The molecular weight excluding hydrogens is 276 g/mol. The van der Waals surface area contributed by atoms with Crippen molar-refractivity contribution >= 4 is 5.97 Å². The second-order valence-electron chi connectivity index (χ2n) is 5.03. The van der Waals surface area contributed by atoms with Gasteiger partial charge in [-0.15, -0.1) is 0 Å². The summed E-state index contributed by atoms with van der Waals surface area (Å²) in [4.78, 5) is 12.0. The van der Waals surface area contributed by atoms with Crippen LogP contribution in [-0.2, 0) is 4.74 Å². The van der Waals surface area contributed by atoms with Crippen molar-refractivity contribution in [2.45, 2.75) is 6.92 Å². The topological polar surface area (TPSA) is 44.1 Å². The Balaban J connectivity index is 2.13. The molecule has 0 saturated carbocycles. The molecule has 110 valence electrons. The van der Waals surface area contributed by atoms with Crippen LogP contribution < -0.4 is 0 Å². The Bertz CT molecular complexity index is 790. The van der Waals surface area contributed by atoms with Crippen LogP contribution in [0.15, 0.2) is 60.8 Å². The minimum Gasteiger partial charge on any atom is -0.465 e. The normalized spacial score (nSPS) is 10.5. The van der Waals surface area contributed by atoms with Gasteiger partial charge in [-0.3, -0.25) is 0 Å². The third kappa shape index (κ3) is 2.63. The van der Waals surface area contributed by atoms with Crippen LogP contribution in [0.1, 0.15) is 15.9 Å². The van der Waals surface area contributed by atoms with Gasteiger partial charge >= 0.3 is 5.97 Å². The maximum Gasteiger partial charge on any atom is 0.341 e. The molecule has 3 aromatic rings. The maximum absolute atomic E-state index is 12.0. The highest BCUT2D eigenvalue weighted by Gasteiger charge is 2.18. The molecule has 0 saturated heterocycles. The molecule has 0 aliphatic heterocycles. The van der Waals surface area contributed by atoms with E-state index in [4.69, 9.17) is 4.74 Å². The molecule has 0 amide bonds. The van der Waals surface area contributed by atoms with Crippen LogP contribution in [0.5, 0.6) is 0 Å². The molecule has 1 aromatic heterocycles. The second kappa shape index (κ2) is 5.85. The van der Waals surface area contributed by atoms with E-state index >= 15 is 0 Å². The number of hydrogen-bond donors (Lipinski definition) is 0. The average molecular weight is 292 g/mol. The van der Waals surface area contributed by atoms with Crippen molar-refractivity contribution in [3.05, 3.63) is 71.9 Å². The first-order valence-electron chi connectivity index (χ1n) is 6.99. The number of para-hydroxylation sites is 1. The molecule has 4 nitrogen and oxygen atoms in total. The lowest BCUT2D eigenvalue weighted by Crippen LogP contribution is -2.01. The number of aryl methyl sites for hydroxylation is 1. The fourth-order valence-corrected chi connectivity index (χ4v) is 2.27. The molecular formula is C18H16N2O2. The Hall–Kier alpha value is -2.88. The summed E-state index contributed by atoms with van der Waals surface area (Å²) in [5.74, 6) is -0.391. The number of carbonyl (C=O) groups excluding carboxylic acids is 1. The molecule has 22 heavy (non-hydrogen) atoms. The Morgan fingerprint density at radius 1 is 1.05 bits per heavy atom. The van der Waals surface area contributed by atoms with Gasteiger partial charge in [-0.25, -0.2) is 9.48 Å². The van der Waals surface area contributed by atoms with Crippen LogP contribution in [0.3, 0.4) is 0 Å². The van der Waals surface area contributed by atoms with Crippen LogP contribution >= 0.6 is 0 Å². The van der Waals surface area contributed by atoms with Crippen molar-refractivity contribution in [2.75, 3.05) is 7.11 Å². The van der Waals surface area contributed by atoms with E-state index in [1.54, 1.807) is 10.9 Å². The van der Waals surface area contributed by atoms with E-state index in [1.165, 1.54) is 7.11 Å². The molecule has 0 radical (unpaired) electrons. The summed E-state index contributed by atoms with van der Waals surface area (Å²) in [7, 11) is 1.38. The molecule has 0 unspecified atom stereocenters. The summed E-state index contributed by atoms with van der Waals surface area (Å²) in [5.41, 5.74) is 4.02. The van der Waals surface area contributed by atoms with E-state index < -0.39 is 5.97 Å². The minimum absolute atomic E-state index is 0.391. The summed E-state index contributed by atoms with van der Waals surface area (Å²) in [6, 6.07) is 17.6. The SMILES string of the molecule is COC(=O)c1cn(-c2ccccc2)nc1-c1ccc(C)cc1. The Labute approximate surface area is 129 Å². The highest BCUT2D eigenvalue weighted by molar-refractivity contribution is 5.96. The quantitative estimate of drug-likeness (QED) is 0.692. The van der Waals surface area contributed by atoms with Gasteiger partial charge in [-0.1, -0.05) is 48.0 Å². The fraction of sp³-hybridized carbons (Fsp3) is 0.111. The highest BCUT2D eigenvalue weighted by Crippen LogP contribution is 2.24. The summed E-state index contributed by atoms with van der Waals surface area (Å²) >= 11 is 0. The summed E-state index contributed by atoms with van der Waals surface area (Å²) < 4.78 is 6.57. The number of aromatic nitrogens is 2. The molecule has 3 rings (SSSR count). The third-order valence-electron chi connectivity index (χ3n) is 3.47. The molecule has 0 fully saturated rings. The third-order valence-corrected chi connectivity index (χ3v) is 3.47. The molecule has 0 atom stereocenters. The van der Waals surface area contributed by atoms with E-state index in [-0.39, 0.29) is 0 Å². The molecule has 0 aliphatic carbocycles. The van der Waals surface area contributed by atoms with Crippen molar-refractivity contribution in [2.24, 2.45) is 0 Å². The molecule has 0 bridgehead atoms. The van der Waals surface area contributed by atoms with Gasteiger partial charge in [0.2, 0.25) is 0 Å². The van der Waals surface area contributed by atoms with Gasteiger partial charge in [-0.2, -0.15) is 5.10 Å². The van der Waals surface area contributed by atoms with Gasteiger partial charge in [-0.05, 0) is 19.1 Å². The number of rotatable bonds is 3. The number of benzene rings is 2. The number of methoxy groups -OCH3 is 1. The number of ether oxygens (including phenoxy) is 1. The first kappa shape index (κ1) is 14.1. The van der Waals surface area contributed by atoms with Crippen molar-refractivity contribution in [3.63, 3.8) is 0 Å². The zero-order valence-corrected chi connectivity index (χ0v) is 12.5. The molecule has 1 heterocycles. The van der Waals surface area contributed by atoms with Crippen LogP contribution in [0.25, 0.3) is 16.9 Å². The van der Waals surface area contributed by atoms with Crippen LogP contribution in [0.4, 0.5) is 0 Å². The van der Waals surface area contributed by atoms with Gasteiger partial charge in [0.25, 0.3) is 0 Å². The molecule has 0 spiro atoms. The smallest absolute Gasteiger partial charge is 0.341 e. The van der Waals surface area contributed by atoms with Crippen LogP contribution in [0.2, 0.25) is 0 Å². The van der Waals surface area contributed by atoms with Crippen molar-refractivity contribution < 1.29 is 9.53 Å². The maximum atomic E-state index is 12.0. The van der Waals surface area contributed by atoms with Crippen molar-refractivity contribution in [1.82, 2.24) is 9.78 Å². The van der Waals surface area contributed by atoms with E-state index in [0.717, 1.165) is 16.8 Å². The summed E-state index contributed by atoms with van der Waals surface area (Å²) in [6.07, 6.45) is 1.70. The standard InChI is InChI=1S/C18H16N2O2/c1-13-8-10-14(11-9-13)17-16(18(21)22-2)12-20(19-17)15-6-4-3-5-7-15/h3-12H,1-2H3. The molecule has 0 N–H and O–H groups in total. The monoisotopic (exact) mass is 292 g/mol. The lowest BCUT2D eigenvalue weighted by atomic mass is 10.1. The summed E-state index contributed by atoms with van der Waals surface area (Å²) in [5, 5.41) is 4.57. The van der Waals surface area contributed by atoms with Crippen LogP contribution in [-0.4, -0.2) is 22.9 Å². The second-order valence-corrected chi connectivity index (χ2v) is 5.03. The predicted molar refractivity (Wildman–Crippen MR) is 85.1 cm³/mol. The number of hydrogen-bond acceptors (Lipinski definition) is 3. The lowest BCUT2D eigenvalue weighted by molar-refractivity contribution is 0.0601. The van der Waals surface area contributed by atoms with E-state index in [9.17, 15) is 4.79 Å². The van der Waals surface area contributed by atoms with Gasteiger partial charge in [0.15, 0.2) is 0 Å². The fourth-order valence-electron chi connectivity index (χ4n) is 2.27. The predicted octanol–water partition coefficient (Wildman–Crippen LogP) is 3.63. The first-order valence-corrected chi connectivity index (χ1v) is 6.99. The minimum atomic E-state index is -0.391. The van der Waals surface area contributed by atoms with Gasteiger partial charge in [0.1, 0.15) is 11.3 Å². The Kier molecular flexibility index (Phi) is 3.74. The average Bonchev–Trinajstić information content (AvgIpc) is 3.01. The highest BCUT2D eigenvalue weighted by atomic mass is 16.5. The van der Waals surface area contributed by atoms with Crippen LogP contribution in [0, 0.1) is 6.92 Å². The Morgan fingerprint density at radius 2 is 1.73 bits per heavy atom. The van der Waals surface area contributed by atoms with Gasteiger partial charge in [0.05, 0.1) is 12.8 Å². The Morgan fingerprint density at radius 3 is 2.36 bits per heavy atom. The molecule has 2 aromatic carbocycles. The van der Waals surface area contributed by atoms with E-state index in [2.05, 4.69) is 5.10 Å². The van der Waals surface area contributed by atoms with Gasteiger partial charge in [0, 0.05) is 11.8 Å². The van der Waals surface area contributed by atoms with Gasteiger partial charge < -0.3 is 4.74 Å². The largest absolute Gasteiger partial charge is 0.465 e. The molecule has 0 aliphatic rings. The number of esters is 1.